The summed E-state index contributed by atoms with van der Waals surface area (Å²) in [4.78, 5) is 4.16. The van der Waals surface area contributed by atoms with E-state index in [-0.39, 0.29) is 0 Å². The van der Waals surface area contributed by atoms with Crippen LogP contribution in [0.2, 0.25) is 0 Å². The summed E-state index contributed by atoms with van der Waals surface area (Å²) in [5, 5.41) is 0. The van der Waals surface area contributed by atoms with Crippen molar-refractivity contribution in [3.63, 3.8) is 0 Å². The first kappa shape index (κ1) is 13.4. The lowest BCUT2D eigenvalue weighted by molar-refractivity contribution is 0.214. The van der Waals surface area contributed by atoms with Crippen molar-refractivity contribution in [1.82, 2.24) is 4.98 Å². The summed E-state index contributed by atoms with van der Waals surface area (Å²) in [6, 6.07) is 11.5. The highest BCUT2D eigenvalue weighted by molar-refractivity contribution is 5.33. The second-order valence-electron chi connectivity index (χ2n) is 4.10. The predicted molar refractivity (Wildman–Crippen MR) is 74.3 cm³/mol. The van der Waals surface area contributed by atoms with Gasteiger partial charge in [0.2, 0.25) is 0 Å². The van der Waals surface area contributed by atoms with Crippen molar-refractivity contribution in [2.45, 2.75) is 13.5 Å². The number of para-hydroxylation sites is 1. The predicted octanol–water partition coefficient (Wildman–Crippen LogP) is 2.31. The Kier molecular flexibility index (Phi) is 4.75. The van der Waals surface area contributed by atoms with Crippen LogP contribution in [0.15, 0.2) is 42.6 Å². The number of hydrogen-bond acceptors (Lipinski definition) is 4. The maximum Gasteiger partial charge on any atom is 0.140 e. The molecule has 2 aromatic rings. The Morgan fingerprint density at radius 1 is 1.00 bits per heavy atom. The second kappa shape index (κ2) is 6.75. The van der Waals surface area contributed by atoms with Crippen LogP contribution in [0, 0.1) is 6.92 Å². The minimum Gasteiger partial charge on any atom is -0.490 e. The van der Waals surface area contributed by atoms with Crippen LogP contribution >= 0.6 is 0 Å². The van der Waals surface area contributed by atoms with Crippen molar-refractivity contribution in [3.05, 3.63) is 53.9 Å². The van der Waals surface area contributed by atoms with Gasteiger partial charge in [0.15, 0.2) is 0 Å². The topological polar surface area (TPSA) is 57.4 Å². The van der Waals surface area contributed by atoms with E-state index in [0.717, 1.165) is 22.8 Å². The molecule has 1 heterocycles. The number of hydrogen-bond donors (Lipinski definition) is 1. The first-order valence-corrected chi connectivity index (χ1v) is 6.26. The van der Waals surface area contributed by atoms with E-state index in [4.69, 9.17) is 15.2 Å². The first-order chi connectivity index (χ1) is 9.31. The lowest BCUT2D eigenvalue weighted by atomic mass is 10.2. The Morgan fingerprint density at radius 2 is 1.68 bits per heavy atom. The Balaban J connectivity index is 1.83. The van der Waals surface area contributed by atoms with Crippen LogP contribution in [-0.4, -0.2) is 18.2 Å². The molecular weight excluding hydrogens is 240 g/mol. The van der Waals surface area contributed by atoms with E-state index in [0.29, 0.717) is 19.8 Å². The molecule has 0 saturated carbocycles. The molecule has 2 rings (SSSR count). The minimum atomic E-state index is 0.471. The van der Waals surface area contributed by atoms with E-state index in [2.05, 4.69) is 4.98 Å². The summed E-state index contributed by atoms with van der Waals surface area (Å²) in [5.74, 6) is 1.61. The van der Waals surface area contributed by atoms with Crippen LogP contribution in [0.4, 0.5) is 0 Å². The number of pyridine rings is 1. The number of benzene rings is 1. The SMILES string of the molecule is Cc1ncccc1OCCOc1ccccc1CN. The maximum atomic E-state index is 5.66. The molecule has 0 fully saturated rings. The molecule has 4 heteroatoms. The molecule has 0 radical (unpaired) electrons. The summed E-state index contributed by atoms with van der Waals surface area (Å²) in [6.07, 6.45) is 1.75. The highest BCUT2D eigenvalue weighted by atomic mass is 16.5. The third-order valence-electron chi connectivity index (χ3n) is 2.75. The quantitative estimate of drug-likeness (QED) is 0.808. The molecule has 4 nitrogen and oxygen atoms in total. The van der Waals surface area contributed by atoms with Crippen molar-refractivity contribution < 1.29 is 9.47 Å². The van der Waals surface area contributed by atoms with Crippen LogP contribution in [0.3, 0.4) is 0 Å². The van der Waals surface area contributed by atoms with Gasteiger partial charge in [0.05, 0.1) is 5.69 Å². The molecule has 0 bridgehead atoms. The van der Waals surface area contributed by atoms with Gasteiger partial charge in [0.25, 0.3) is 0 Å². The summed E-state index contributed by atoms with van der Waals surface area (Å²) in [6.45, 7) is 3.34. The molecule has 0 aliphatic heterocycles. The highest BCUT2D eigenvalue weighted by Gasteiger charge is 2.02. The maximum absolute atomic E-state index is 5.66. The van der Waals surface area contributed by atoms with Crippen LogP contribution in [-0.2, 0) is 6.54 Å². The number of rotatable bonds is 6. The van der Waals surface area contributed by atoms with Crippen LogP contribution in [0.25, 0.3) is 0 Å². The fraction of sp³-hybridized carbons (Fsp3) is 0.267. The second-order valence-corrected chi connectivity index (χ2v) is 4.10. The Hall–Kier alpha value is -2.07. The fourth-order valence-corrected chi connectivity index (χ4v) is 1.74. The minimum absolute atomic E-state index is 0.471. The zero-order chi connectivity index (χ0) is 13.5. The largest absolute Gasteiger partial charge is 0.490 e. The Bertz CT molecular complexity index is 529. The molecular formula is C15H18N2O2. The van der Waals surface area contributed by atoms with E-state index in [1.807, 2.05) is 43.3 Å². The zero-order valence-electron chi connectivity index (χ0n) is 11.0. The van der Waals surface area contributed by atoms with Gasteiger partial charge in [-0.2, -0.15) is 0 Å². The molecule has 0 atom stereocenters. The third kappa shape index (κ3) is 3.69. The normalized spacial score (nSPS) is 10.2. The molecule has 19 heavy (non-hydrogen) atoms. The van der Waals surface area contributed by atoms with E-state index in [1.165, 1.54) is 0 Å². The lowest BCUT2D eigenvalue weighted by Gasteiger charge is -2.11. The molecule has 0 spiro atoms. The molecule has 0 saturated heterocycles. The zero-order valence-corrected chi connectivity index (χ0v) is 11.0. The van der Waals surface area contributed by atoms with Gasteiger partial charge in [0.1, 0.15) is 24.7 Å². The van der Waals surface area contributed by atoms with E-state index in [1.54, 1.807) is 6.20 Å². The van der Waals surface area contributed by atoms with E-state index < -0.39 is 0 Å². The highest BCUT2D eigenvalue weighted by Crippen LogP contribution is 2.17. The first-order valence-electron chi connectivity index (χ1n) is 6.26. The molecule has 1 aromatic heterocycles. The van der Waals surface area contributed by atoms with Crippen molar-refractivity contribution >= 4 is 0 Å². The van der Waals surface area contributed by atoms with Gasteiger partial charge >= 0.3 is 0 Å². The average Bonchev–Trinajstić information content (AvgIpc) is 2.45. The monoisotopic (exact) mass is 258 g/mol. The number of nitrogens with zero attached hydrogens (tertiary/aromatic N) is 1. The smallest absolute Gasteiger partial charge is 0.140 e. The molecule has 0 aliphatic carbocycles. The Morgan fingerprint density at radius 3 is 2.42 bits per heavy atom. The average molecular weight is 258 g/mol. The molecule has 0 aliphatic rings. The van der Waals surface area contributed by atoms with Gasteiger partial charge in [-0.15, -0.1) is 0 Å². The summed E-state index contributed by atoms with van der Waals surface area (Å²) in [7, 11) is 0. The molecule has 0 unspecified atom stereocenters. The van der Waals surface area contributed by atoms with Gasteiger partial charge in [-0.3, -0.25) is 4.98 Å². The van der Waals surface area contributed by atoms with Crippen molar-refractivity contribution in [2.24, 2.45) is 5.73 Å². The number of ether oxygens (including phenoxy) is 2. The van der Waals surface area contributed by atoms with E-state index >= 15 is 0 Å². The van der Waals surface area contributed by atoms with Gasteiger partial charge in [-0.1, -0.05) is 18.2 Å². The van der Waals surface area contributed by atoms with Crippen molar-refractivity contribution in [3.8, 4) is 11.5 Å². The molecule has 2 N–H and O–H groups in total. The van der Waals surface area contributed by atoms with E-state index in [9.17, 15) is 0 Å². The molecule has 100 valence electrons. The van der Waals surface area contributed by atoms with Crippen molar-refractivity contribution in [2.75, 3.05) is 13.2 Å². The van der Waals surface area contributed by atoms with Crippen LogP contribution < -0.4 is 15.2 Å². The van der Waals surface area contributed by atoms with Gasteiger partial charge in [0, 0.05) is 18.3 Å². The fourth-order valence-electron chi connectivity index (χ4n) is 1.74. The Labute approximate surface area is 113 Å². The number of aromatic nitrogens is 1. The number of nitrogens with two attached hydrogens (primary N) is 1. The van der Waals surface area contributed by atoms with Crippen LogP contribution in [0.5, 0.6) is 11.5 Å². The molecule has 0 amide bonds. The van der Waals surface area contributed by atoms with Gasteiger partial charge < -0.3 is 15.2 Å². The van der Waals surface area contributed by atoms with Crippen LogP contribution in [0.1, 0.15) is 11.3 Å². The standard InChI is InChI=1S/C15H18N2O2/c1-12-14(7-4-8-17-12)18-9-10-19-15-6-3-2-5-13(15)11-16/h2-8H,9-11,16H2,1H3. The third-order valence-corrected chi connectivity index (χ3v) is 2.75. The lowest BCUT2D eigenvalue weighted by Crippen LogP contribution is -2.11. The van der Waals surface area contributed by atoms with Gasteiger partial charge in [-0.25, -0.2) is 0 Å². The van der Waals surface area contributed by atoms with Crippen molar-refractivity contribution in [1.29, 1.82) is 0 Å². The molecule has 1 aromatic carbocycles. The summed E-state index contributed by atoms with van der Waals surface area (Å²) >= 11 is 0. The summed E-state index contributed by atoms with van der Waals surface area (Å²) in [5.41, 5.74) is 7.53. The van der Waals surface area contributed by atoms with Gasteiger partial charge in [-0.05, 0) is 25.1 Å². The summed E-state index contributed by atoms with van der Waals surface area (Å²) < 4.78 is 11.3. The number of aryl methyl sites for hydroxylation is 1.